The molecule has 1 rings (SSSR count). The number of ether oxygens (including phenoxy) is 3. The third kappa shape index (κ3) is 24.0. The number of phosphoric ester groups is 1. The second-order valence-electron chi connectivity index (χ2n) is 16.3. The van der Waals surface area contributed by atoms with Gasteiger partial charge >= 0.3 is 19.8 Å². The summed E-state index contributed by atoms with van der Waals surface area (Å²) in [7, 11) is -4.31. The first kappa shape index (κ1) is 56.7. The lowest BCUT2D eigenvalue weighted by molar-refractivity contribution is -0.269. The summed E-state index contributed by atoms with van der Waals surface area (Å²) in [6, 6.07) is -2.77. The number of primary amides is 1. The van der Waals surface area contributed by atoms with Gasteiger partial charge in [-0.05, 0) is 33.6 Å². The van der Waals surface area contributed by atoms with Gasteiger partial charge in [0.25, 0.3) is 0 Å². The number of carboxylic acid groups (broad SMARTS) is 1. The Bertz CT molecular complexity index is 1430. The lowest BCUT2D eigenvalue weighted by Gasteiger charge is -2.44. The van der Waals surface area contributed by atoms with Gasteiger partial charge in [0, 0.05) is 32.9 Å². The van der Waals surface area contributed by atoms with Crippen LogP contribution in [0.25, 0.3) is 0 Å². The number of nitrogens with two attached hydrogens (primary N) is 2. The molecule has 0 aromatic heterocycles. The van der Waals surface area contributed by atoms with E-state index in [1.54, 1.807) is 0 Å². The van der Waals surface area contributed by atoms with Crippen LogP contribution in [0.4, 0.5) is 0 Å². The summed E-state index contributed by atoms with van der Waals surface area (Å²) < 4.78 is 38.7. The van der Waals surface area contributed by atoms with Gasteiger partial charge in [0.1, 0.15) is 37.0 Å². The van der Waals surface area contributed by atoms with Crippen LogP contribution in [0, 0.1) is 0 Å². The molecule has 21 nitrogen and oxygen atoms in total. The third-order valence-corrected chi connectivity index (χ3v) is 11.0. The van der Waals surface area contributed by atoms with Gasteiger partial charge in [-0.2, -0.15) is 0 Å². The number of unbranched alkanes of at least 4 members (excludes halogenated alkanes) is 11. The summed E-state index contributed by atoms with van der Waals surface area (Å²) in [5, 5.41) is 36.1. The average Bonchev–Trinajstić information content (AvgIpc) is 3.18. The molecule has 1 aliphatic rings. The zero-order valence-corrected chi connectivity index (χ0v) is 38.0. The number of carboxylic acids is 1. The highest BCUT2D eigenvalue weighted by Gasteiger charge is 2.47. The topological polar surface area (TPSA) is 326 Å². The first-order valence-electron chi connectivity index (χ1n) is 21.7. The molecule has 10 N–H and O–H groups in total. The van der Waals surface area contributed by atoms with Gasteiger partial charge in [-0.15, -0.1) is 0 Å². The third-order valence-electron chi connectivity index (χ3n) is 9.95. The van der Waals surface area contributed by atoms with Crippen molar-refractivity contribution in [3.05, 3.63) is 0 Å². The molecule has 1 heterocycles. The fourth-order valence-electron chi connectivity index (χ4n) is 6.71. The van der Waals surface area contributed by atoms with Gasteiger partial charge in [0.2, 0.25) is 23.6 Å². The summed E-state index contributed by atoms with van der Waals surface area (Å²) in [5.74, 6) is -5.10. The Labute approximate surface area is 365 Å². The molecule has 360 valence electrons. The van der Waals surface area contributed by atoms with Gasteiger partial charge < -0.3 is 61.4 Å². The van der Waals surface area contributed by atoms with Crippen LogP contribution in [-0.2, 0) is 56.6 Å². The molecular formula is C40H74N5O16P. The van der Waals surface area contributed by atoms with E-state index < -0.39 is 111 Å². The number of carbonyl (C=O) groups is 6. The molecule has 8 atom stereocenters. The number of aliphatic carboxylic acids is 1. The van der Waals surface area contributed by atoms with Crippen molar-refractivity contribution in [3.63, 3.8) is 0 Å². The summed E-state index contributed by atoms with van der Waals surface area (Å²) in [5.41, 5.74) is 10.0. The standard InChI is InChI=1S/C40H74N5O16P/c1-6-7-8-9-10-11-12-13-14-15-16-17-23-58-62(55,56)59-24-22-43-31(47)19-21-33(50)57-26-30-35(51)36(34(38(53)61-30)44-28(3)46)60-27(2)25-45(39(54)40(4,5)42)29(37(41)52)18-20-32(48)49/h27,29-30,34-36,38,51,53H,6-26,42H2,1-5H3,(H2,41,52)(H,43,47)(H,44,46)(H,48,49)(H,55,56)/t27?,29-,30-,34-,35-,36-,38+/m1/s1. The van der Waals surface area contributed by atoms with E-state index in [-0.39, 0.29) is 39.1 Å². The number of nitrogens with one attached hydrogen (secondary N) is 2. The predicted molar refractivity (Wildman–Crippen MR) is 225 cm³/mol. The van der Waals surface area contributed by atoms with Crippen molar-refractivity contribution in [1.29, 1.82) is 0 Å². The van der Waals surface area contributed by atoms with Gasteiger partial charge in [-0.1, -0.05) is 77.6 Å². The second-order valence-corrected chi connectivity index (χ2v) is 17.7. The van der Waals surface area contributed by atoms with Crippen LogP contribution >= 0.6 is 7.82 Å². The van der Waals surface area contributed by atoms with E-state index in [2.05, 4.69) is 17.6 Å². The zero-order valence-electron chi connectivity index (χ0n) is 37.1. The maximum Gasteiger partial charge on any atom is 0.472 e. The van der Waals surface area contributed by atoms with Crippen LogP contribution in [0.3, 0.4) is 0 Å². The molecule has 4 amide bonds. The Morgan fingerprint density at radius 1 is 0.887 bits per heavy atom. The van der Waals surface area contributed by atoms with E-state index in [9.17, 15) is 53.5 Å². The molecule has 2 unspecified atom stereocenters. The zero-order chi connectivity index (χ0) is 46.9. The van der Waals surface area contributed by atoms with Crippen molar-refractivity contribution in [1.82, 2.24) is 15.5 Å². The minimum absolute atomic E-state index is 0.0649. The fourth-order valence-corrected chi connectivity index (χ4v) is 7.46. The lowest BCUT2D eigenvalue weighted by Crippen LogP contribution is -2.66. The second kappa shape index (κ2) is 30.0. The highest BCUT2D eigenvalue weighted by molar-refractivity contribution is 7.47. The number of aliphatic hydroxyl groups excluding tert-OH is 2. The molecule has 0 aliphatic carbocycles. The quantitative estimate of drug-likeness (QED) is 0.0260. The minimum atomic E-state index is -4.31. The first-order valence-corrected chi connectivity index (χ1v) is 23.2. The molecule has 0 aromatic rings. The van der Waals surface area contributed by atoms with Gasteiger partial charge in [0.15, 0.2) is 6.29 Å². The number of carbonyl (C=O) groups excluding carboxylic acids is 5. The Balaban J connectivity index is 2.60. The molecule has 22 heteroatoms. The summed E-state index contributed by atoms with van der Waals surface area (Å²) in [4.78, 5) is 84.7. The highest BCUT2D eigenvalue weighted by atomic mass is 31.2. The number of aliphatic hydroxyl groups is 2. The average molecular weight is 912 g/mol. The molecule has 1 aliphatic heterocycles. The predicted octanol–water partition coefficient (Wildman–Crippen LogP) is 1.90. The van der Waals surface area contributed by atoms with Gasteiger partial charge in [-0.3, -0.25) is 37.8 Å². The lowest BCUT2D eigenvalue weighted by atomic mass is 9.96. The van der Waals surface area contributed by atoms with Crippen LogP contribution < -0.4 is 22.1 Å². The number of rotatable bonds is 34. The van der Waals surface area contributed by atoms with E-state index in [1.165, 1.54) is 72.1 Å². The minimum Gasteiger partial charge on any atom is -0.481 e. The smallest absolute Gasteiger partial charge is 0.472 e. The van der Waals surface area contributed by atoms with E-state index in [1.807, 2.05) is 0 Å². The van der Waals surface area contributed by atoms with Crippen molar-refractivity contribution in [2.24, 2.45) is 11.5 Å². The van der Waals surface area contributed by atoms with E-state index in [0.29, 0.717) is 6.42 Å². The van der Waals surface area contributed by atoms with Crippen molar-refractivity contribution in [2.75, 3.05) is 32.9 Å². The van der Waals surface area contributed by atoms with E-state index >= 15 is 0 Å². The van der Waals surface area contributed by atoms with Crippen molar-refractivity contribution >= 4 is 43.4 Å². The van der Waals surface area contributed by atoms with Crippen molar-refractivity contribution in [3.8, 4) is 0 Å². The molecular weight excluding hydrogens is 837 g/mol. The Kier molecular flexibility index (Phi) is 27.4. The fraction of sp³-hybridized carbons (Fsp3) is 0.850. The van der Waals surface area contributed by atoms with Crippen LogP contribution in [0.5, 0.6) is 0 Å². The number of amides is 4. The number of phosphoric acid groups is 1. The van der Waals surface area contributed by atoms with Gasteiger partial charge in [-0.25, -0.2) is 4.57 Å². The largest absolute Gasteiger partial charge is 0.481 e. The maximum atomic E-state index is 13.3. The van der Waals surface area contributed by atoms with Gasteiger partial charge in [0.05, 0.1) is 31.3 Å². The van der Waals surface area contributed by atoms with Crippen LogP contribution in [-0.4, -0.2) is 142 Å². The van der Waals surface area contributed by atoms with Crippen molar-refractivity contribution < 1.29 is 76.8 Å². The van der Waals surface area contributed by atoms with E-state index in [0.717, 1.165) is 31.1 Å². The molecule has 1 fully saturated rings. The normalized spacial score (nSPS) is 21.0. The highest BCUT2D eigenvalue weighted by Crippen LogP contribution is 2.43. The molecule has 0 aromatic carbocycles. The molecule has 0 radical (unpaired) electrons. The monoisotopic (exact) mass is 911 g/mol. The molecule has 0 bridgehead atoms. The van der Waals surface area contributed by atoms with Crippen LogP contribution in [0.2, 0.25) is 0 Å². The first-order chi connectivity index (χ1) is 29.1. The Hall–Kier alpha value is -3.27. The van der Waals surface area contributed by atoms with E-state index in [4.69, 9.17) is 34.7 Å². The SMILES string of the molecule is CCCCCCCCCCCCCCOP(=O)(O)OCCNC(=O)CCC(=O)OC[C@H]1O[C@H](O)[C@H](NC(C)=O)[C@@H](OC(C)CN(C(=O)C(C)(C)N)[C@H](CCC(=O)O)C(N)=O)[C@@H]1O. The number of hydrogen-bond acceptors (Lipinski definition) is 15. The molecule has 1 saturated heterocycles. The molecule has 0 saturated carbocycles. The Morgan fingerprint density at radius 2 is 1.45 bits per heavy atom. The molecule has 62 heavy (non-hydrogen) atoms. The number of hydrogen-bond donors (Lipinski definition) is 8. The summed E-state index contributed by atoms with van der Waals surface area (Å²) in [6.07, 6.45) is 4.78. The molecule has 0 spiro atoms. The summed E-state index contributed by atoms with van der Waals surface area (Å²) in [6.45, 7) is 6.13. The van der Waals surface area contributed by atoms with Crippen LogP contribution in [0.1, 0.15) is 137 Å². The summed E-state index contributed by atoms with van der Waals surface area (Å²) >= 11 is 0. The number of nitrogens with zero attached hydrogens (tertiary/aromatic N) is 1. The maximum absolute atomic E-state index is 13.3. The number of esters is 1. The Morgan fingerprint density at radius 3 is 1.98 bits per heavy atom. The van der Waals surface area contributed by atoms with Crippen molar-refractivity contribution in [2.45, 2.75) is 186 Å². The van der Waals surface area contributed by atoms with Crippen LogP contribution in [0.15, 0.2) is 0 Å².